The molecule has 0 unspecified atom stereocenters. The Balaban J connectivity index is 1.46. The topological polar surface area (TPSA) is 99.1 Å². The van der Waals surface area contributed by atoms with Crippen molar-refractivity contribution in [3.63, 3.8) is 0 Å². The number of alkyl halides is 6. The highest BCUT2D eigenvalue weighted by Gasteiger charge is 2.46. The van der Waals surface area contributed by atoms with Crippen LogP contribution in [0, 0.1) is 19.7 Å². The smallest absolute Gasteiger partial charge is 0.418 e. The highest BCUT2D eigenvalue weighted by molar-refractivity contribution is 5.98. The van der Waals surface area contributed by atoms with E-state index in [1.807, 2.05) is 0 Å². The SMILES string of the molecule is COC(=O)[C@H](Cc1ccc(-c2c(C)c(C(F)(F)F)cn(C)c2=O)c2c1COC2)NC(=O)c1c(C)cc(N2CCOC[C@@H]2C(F)(F)F)cc1F. The summed E-state index contributed by atoms with van der Waals surface area (Å²) in [6.45, 7) is 1.70. The average Bonchev–Trinajstić information content (AvgIpc) is 3.52. The molecule has 9 nitrogen and oxygen atoms in total. The molecule has 0 radical (unpaired) electrons. The molecule has 0 aliphatic carbocycles. The fourth-order valence-electron chi connectivity index (χ4n) is 6.34. The van der Waals surface area contributed by atoms with Gasteiger partial charge in [0.2, 0.25) is 0 Å². The Labute approximate surface area is 275 Å². The number of nitrogens with one attached hydrogen (secondary N) is 1. The van der Waals surface area contributed by atoms with Crippen molar-refractivity contribution in [1.82, 2.24) is 9.88 Å². The van der Waals surface area contributed by atoms with Crippen molar-refractivity contribution in [3.8, 4) is 11.1 Å². The maximum Gasteiger partial charge on any atom is 0.418 e. The van der Waals surface area contributed by atoms with Gasteiger partial charge in [0.1, 0.15) is 17.9 Å². The quantitative estimate of drug-likeness (QED) is 0.270. The molecule has 2 atom stereocenters. The zero-order chi connectivity index (χ0) is 36.0. The summed E-state index contributed by atoms with van der Waals surface area (Å²) in [5.41, 5.74) is -1.01. The van der Waals surface area contributed by atoms with Gasteiger partial charge >= 0.3 is 18.3 Å². The molecule has 1 aromatic heterocycles. The molecule has 2 aromatic carbocycles. The summed E-state index contributed by atoms with van der Waals surface area (Å²) in [6, 6.07) is 1.62. The molecular weight excluding hydrogens is 667 g/mol. The van der Waals surface area contributed by atoms with Crippen molar-refractivity contribution in [2.24, 2.45) is 7.05 Å². The Morgan fingerprint density at radius 3 is 2.39 bits per heavy atom. The van der Waals surface area contributed by atoms with Gasteiger partial charge in [-0.05, 0) is 59.4 Å². The minimum absolute atomic E-state index is 0.00563. The number of morpholine rings is 1. The van der Waals surface area contributed by atoms with Crippen LogP contribution in [-0.4, -0.2) is 61.6 Å². The number of anilines is 1. The second-order valence-corrected chi connectivity index (χ2v) is 11.9. The van der Waals surface area contributed by atoms with Crippen LogP contribution in [0.4, 0.5) is 36.4 Å². The molecule has 2 aliphatic heterocycles. The third kappa shape index (κ3) is 7.02. The van der Waals surface area contributed by atoms with E-state index in [-0.39, 0.29) is 60.7 Å². The number of aryl methyl sites for hydroxylation is 2. The van der Waals surface area contributed by atoms with Crippen molar-refractivity contribution in [2.45, 2.75) is 57.9 Å². The van der Waals surface area contributed by atoms with Crippen molar-refractivity contribution >= 4 is 17.6 Å². The molecule has 264 valence electrons. The number of carbonyl (C=O) groups is 2. The monoisotopic (exact) mass is 699 g/mol. The number of carbonyl (C=O) groups excluding carboxylic acids is 2. The minimum atomic E-state index is -4.72. The normalized spacial score (nSPS) is 17.1. The molecule has 3 aromatic rings. The summed E-state index contributed by atoms with van der Waals surface area (Å²) in [7, 11) is 2.29. The number of aromatic nitrogens is 1. The molecule has 2 aliphatic rings. The van der Waals surface area contributed by atoms with E-state index in [9.17, 15) is 40.7 Å². The highest BCUT2D eigenvalue weighted by Crippen LogP contribution is 2.39. The fraction of sp³-hybridized carbons (Fsp3) is 0.424. The number of rotatable bonds is 7. The summed E-state index contributed by atoms with van der Waals surface area (Å²) in [5.74, 6) is -3.04. The van der Waals surface area contributed by atoms with Crippen LogP contribution in [-0.2, 0) is 51.9 Å². The average molecular weight is 700 g/mol. The number of esters is 1. The Morgan fingerprint density at radius 1 is 1.06 bits per heavy atom. The van der Waals surface area contributed by atoms with E-state index in [0.29, 0.717) is 16.7 Å². The van der Waals surface area contributed by atoms with Gasteiger partial charge < -0.3 is 29.0 Å². The maximum atomic E-state index is 15.5. The maximum absolute atomic E-state index is 15.5. The number of nitrogens with zero attached hydrogens (tertiary/aromatic N) is 2. The predicted molar refractivity (Wildman–Crippen MR) is 161 cm³/mol. The molecular formula is C33H32F7N3O6. The van der Waals surface area contributed by atoms with E-state index in [2.05, 4.69) is 5.32 Å². The van der Waals surface area contributed by atoms with Gasteiger partial charge in [-0.2, -0.15) is 26.3 Å². The van der Waals surface area contributed by atoms with Crippen LogP contribution in [0.25, 0.3) is 11.1 Å². The number of hydrogen-bond donors (Lipinski definition) is 1. The lowest BCUT2D eigenvalue weighted by molar-refractivity contribution is -0.167. The summed E-state index contributed by atoms with van der Waals surface area (Å²) in [4.78, 5) is 40.3. The van der Waals surface area contributed by atoms with Crippen LogP contribution >= 0.6 is 0 Å². The largest absolute Gasteiger partial charge is 0.467 e. The van der Waals surface area contributed by atoms with Gasteiger partial charge in [-0.3, -0.25) is 9.59 Å². The molecule has 1 saturated heterocycles. The molecule has 3 heterocycles. The molecule has 1 fully saturated rings. The Kier molecular flexibility index (Phi) is 9.85. The van der Waals surface area contributed by atoms with Crippen LogP contribution in [0.2, 0.25) is 0 Å². The first-order valence-corrected chi connectivity index (χ1v) is 15.0. The summed E-state index contributed by atoms with van der Waals surface area (Å²) < 4.78 is 114. The molecule has 0 saturated carbocycles. The molecule has 49 heavy (non-hydrogen) atoms. The van der Waals surface area contributed by atoms with Crippen molar-refractivity contribution in [2.75, 3.05) is 31.8 Å². The van der Waals surface area contributed by atoms with E-state index >= 15 is 4.39 Å². The number of halogens is 7. The summed E-state index contributed by atoms with van der Waals surface area (Å²) in [5, 5.41) is 2.45. The molecule has 1 amide bonds. The number of pyridine rings is 1. The number of benzene rings is 2. The van der Waals surface area contributed by atoms with E-state index in [4.69, 9.17) is 14.2 Å². The lowest BCUT2D eigenvalue weighted by Gasteiger charge is -2.38. The van der Waals surface area contributed by atoms with Crippen molar-refractivity contribution in [1.29, 1.82) is 0 Å². The lowest BCUT2D eigenvalue weighted by Crippen LogP contribution is -2.53. The summed E-state index contributed by atoms with van der Waals surface area (Å²) in [6.07, 6.45) is -8.85. The van der Waals surface area contributed by atoms with E-state index in [1.54, 1.807) is 0 Å². The second-order valence-electron chi connectivity index (χ2n) is 11.9. The Hall–Kier alpha value is -4.44. The minimum Gasteiger partial charge on any atom is -0.467 e. The third-order valence-corrected chi connectivity index (χ3v) is 8.78. The summed E-state index contributed by atoms with van der Waals surface area (Å²) >= 11 is 0. The number of fused-ring (bicyclic) bond motifs is 1. The number of methoxy groups -OCH3 is 1. The molecule has 1 N–H and O–H groups in total. The standard InChI is InChI=1S/C33H32F7N3O6/c1-16-9-19(43-7-8-48-15-26(43)33(38,39)40)11-24(34)27(16)29(44)41-25(31(46)47-4)10-18-5-6-20(22-14-49-13-21(18)22)28-17(2)23(32(35,36)37)12-42(3)30(28)45/h5-6,9,11-12,25-26H,7-8,10,13-15H2,1-4H3,(H,41,44)/t25-,26+/m0/s1. The van der Waals surface area contributed by atoms with Gasteiger partial charge in [0.15, 0.2) is 0 Å². The number of ether oxygens (including phenoxy) is 3. The van der Waals surface area contributed by atoms with E-state index in [0.717, 1.165) is 28.8 Å². The fourth-order valence-corrected chi connectivity index (χ4v) is 6.34. The molecule has 5 rings (SSSR count). The van der Waals surface area contributed by atoms with Crippen LogP contribution in [0.1, 0.15) is 43.7 Å². The molecule has 16 heteroatoms. The van der Waals surface area contributed by atoms with E-state index < -0.39 is 65.4 Å². The Bertz CT molecular complexity index is 1830. The highest BCUT2D eigenvalue weighted by atomic mass is 19.4. The van der Waals surface area contributed by atoms with Crippen LogP contribution in [0.3, 0.4) is 0 Å². The zero-order valence-corrected chi connectivity index (χ0v) is 26.8. The van der Waals surface area contributed by atoms with Gasteiger partial charge in [-0.1, -0.05) is 12.1 Å². The van der Waals surface area contributed by atoms with Crippen molar-refractivity contribution < 1.29 is 54.5 Å². The Morgan fingerprint density at radius 2 is 1.76 bits per heavy atom. The van der Waals surface area contributed by atoms with Gasteiger partial charge in [0, 0.05) is 31.9 Å². The predicted octanol–water partition coefficient (Wildman–Crippen LogP) is 5.14. The van der Waals surface area contributed by atoms with Gasteiger partial charge in [-0.15, -0.1) is 0 Å². The first kappa shape index (κ1) is 35.9. The third-order valence-electron chi connectivity index (χ3n) is 8.78. The van der Waals surface area contributed by atoms with E-state index in [1.165, 1.54) is 39.1 Å². The van der Waals surface area contributed by atoms with Gasteiger partial charge in [-0.25, -0.2) is 9.18 Å². The first-order valence-electron chi connectivity index (χ1n) is 15.0. The molecule has 0 spiro atoms. The van der Waals surface area contributed by atoms with Crippen molar-refractivity contribution in [3.05, 3.63) is 85.6 Å². The van der Waals surface area contributed by atoms with Crippen LogP contribution in [0.15, 0.2) is 35.3 Å². The molecule has 0 bridgehead atoms. The lowest BCUT2D eigenvalue weighted by atomic mass is 9.89. The van der Waals surface area contributed by atoms with Gasteiger partial charge in [0.05, 0.1) is 50.2 Å². The number of amides is 1. The van der Waals surface area contributed by atoms with Crippen LogP contribution in [0.5, 0.6) is 0 Å². The van der Waals surface area contributed by atoms with Crippen LogP contribution < -0.4 is 15.8 Å². The van der Waals surface area contributed by atoms with Gasteiger partial charge in [0.25, 0.3) is 11.5 Å². The zero-order valence-electron chi connectivity index (χ0n) is 26.8. The first-order chi connectivity index (χ1) is 22.9. The number of hydrogen-bond acceptors (Lipinski definition) is 7. The second kappa shape index (κ2) is 13.5.